The lowest BCUT2D eigenvalue weighted by molar-refractivity contribution is -0.130. The Morgan fingerprint density at radius 1 is 1.00 bits per heavy atom. The van der Waals surface area contributed by atoms with Crippen molar-refractivity contribution in [2.75, 3.05) is 13.2 Å². The Morgan fingerprint density at radius 2 is 1.56 bits per heavy atom. The molecule has 0 bridgehead atoms. The smallest absolute Gasteiger partial charge is 0.416 e. The van der Waals surface area contributed by atoms with Crippen LogP contribution in [-0.4, -0.2) is 46.4 Å². The third-order valence-electron chi connectivity index (χ3n) is 8.16. The van der Waals surface area contributed by atoms with Crippen molar-refractivity contribution < 1.29 is 18.8 Å². The second kappa shape index (κ2) is 9.43. The van der Waals surface area contributed by atoms with Gasteiger partial charge in [0.1, 0.15) is 6.61 Å². The van der Waals surface area contributed by atoms with Crippen molar-refractivity contribution in [3.8, 4) is 0 Å². The lowest BCUT2D eigenvalue weighted by Gasteiger charge is -2.44. The summed E-state index contributed by atoms with van der Waals surface area (Å²) in [5.74, 6) is -0.439. The maximum absolute atomic E-state index is 13.5. The van der Waals surface area contributed by atoms with Crippen molar-refractivity contribution in [1.29, 1.82) is 0 Å². The number of carbonyl (C=O) groups excluding carboxylic acids is 2. The highest BCUT2D eigenvalue weighted by Crippen LogP contribution is 2.50. The molecule has 7 heteroatoms. The molecule has 1 aromatic rings. The van der Waals surface area contributed by atoms with Crippen molar-refractivity contribution >= 4 is 28.4 Å². The molecule has 32 heavy (non-hydrogen) atoms. The number of nitrogens with zero attached hydrogens (tertiary/aromatic N) is 1. The molecule has 0 aromatic heterocycles. The van der Waals surface area contributed by atoms with Gasteiger partial charge in [0.2, 0.25) is 5.91 Å². The molecule has 1 aliphatic rings. The summed E-state index contributed by atoms with van der Waals surface area (Å²) in [5.41, 5.74) is 1.04. The van der Waals surface area contributed by atoms with Gasteiger partial charge >= 0.3 is 6.09 Å². The maximum Gasteiger partial charge on any atom is 0.416 e. The summed E-state index contributed by atoms with van der Waals surface area (Å²) in [7, 11) is -3.94. The van der Waals surface area contributed by atoms with Gasteiger partial charge in [0.15, 0.2) is 8.32 Å². The standard InChI is InChI=1S/C25H43NO4Si2/c1-24(2,3)31(7,8)21-16-26(23(28)29-17-19-14-12-11-13-15-19)22(27)20(21)18-30-32(9,10)25(4,5)6/h11-15,20-21H,16-18H2,1-10H3/t20-,21-/m0/s1. The molecule has 180 valence electrons. The fraction of sp³-hybridized carbons (Fsp3) is 0.680. The number of benzene rings is 1. The number of carbonyl (C=O) groups is 2. The summed E-state index contributed by atoms with van der Waals surface area (Å²) in [5, 5.41) is 0.159. The Balaban J connectivity index is 2.24. The fourth-order valence-corrected chi connectivity index (χ4v) is 7.76. The minimum absolute atomic E-state index is 0.0649. The van der Waals surface area contributed by atoms with E-state index in [1.807, 2.05) is 30.3 Å². The monoisotopic (exact) mass is 477 g/mol. The van der Waals surface area contributed by atoms with Crippen LogP contribution in [0, 0.1) is 5.92 Å². The summed E-state index contributed by atoms with van der Waals surface area (Å²) in [4.78, 5) is 27.8. The highest BCUT2D eigenvalue weighted by Gasteiger charge is 2.55. The van der Waals surface area contributed by atoms with E-state index in [-0.39, 0.29) is 34.0 Å². The predicted molar refractivity (Wildman–Crippen MR) is 136 cm³/mol. The molecule has 2 rings (SSSR count). The van der Waals surface area contributed by atoms with E-state index < -0.39 is 22.5 Å². The first-order chi connectivity index (χ1) is 14.5. The quantitative estimate of drug-likeness (QED) is 0.429. The van der Waals surface area contributed by atoms with Gasteiger partial charge in [-0.05, 0) is 34.3 Å². The van der Waals surface area contributed by atoms with Gasteiger partial charge in [-0.1, -0.05) is 85.0 Å². The molecule has 1 aliphatic heterocycles. The van der Waals surface area contributed by atoms with Gasteiger partial charge < -0.3 is 9.16 Å². The number of hydrogen-bond acceptors (Lipinski definition) is 4. The zero-order valence-electron chi connectivity index (χ0n) is 21.7. The van der Waals surface area contributed by atoms with Crippen LogP contribution in [0.1, 0.15) is 47.1 Å². The van der Waals surface area contributed by atoms with Crippen molar-refractivity contribution in [2.45, 2.75) is 90.0 Å². The molecule has 0 aliphatic carbocycles. The average molecular weight is 478 g/mol. The summed E-state index contributed by atoms with van der Waals surface area (Å²) in [6, 6.07) is 9.56. The Kier molecular flexibility index (Phi) is 7.90. The molecule has 1 heterocycles. The molecule has 0 saturated carbocycles. The van der Waals surface area contributed by atoms with Gasteiger partial charge in [-0.2, -0.15) is 0 Å². The zero-order chi connectivity index (χ0) is 24.5. The molecule has 1 fully saturated rings. The first-order valence-corrected chi connectivity index (χ1v) is 17.6. The molecule has 1 saturated heterocycles. The molecule has 0 radical (unpaired) electrons. The zero-order valence-corrected chi connectivity index (χ0v) is 23.7. The van der Waals surface area contributed by atoms with Crippen LogP contribution in [0.3, 0.4) is 0 Å². The highest BCUT2D eigenvalue weighted by molar-refractivity contribution is 6.82. The topological polar surface area (TPSA) is 55.8 Å². The predicted octanol–water partition coefficient (Wildman–Crippen LogP) is 6.68. The van der Waals surface area contributed by atoms with E-state index in [1.165, 1.54) is 4.90 Å². The lowest BCUT2D eigenvalue weighted by atomic mass is 10.1. The molecule has 5 nitrogen and oxygen atoms in total. The van der Waals surface area contributed by atoms with E-state index >= 15 is 0 Å². The van der Waals surface area contributed by atoms with E-state index in [9.17, 15) is 9.59 Å². The van der Waals surface area contributed by atoms with Crippen molar-refractivity contribution in [1.82, 2.24) is 4.90 Å². The van der Waals surface area contributed by atoms with Crippen LogP contribution in [0.25, 0.3) is 0 Å². The van der Waals surface area contributed by atoms with E-state index in [0.29, 0.717) is 13.2 Å². The number of likely N-dealkylation sites (tertiary alicyclic amines) is 1. The normalized spacial score (nSPS) is 20.6. The Morgan fingerprint density at radius 3 is 2.06 bits per heavy atom. The maximum atomic E-state index is 13.5. The summed E-state index contributed by atoms with van der Waals surface area (Å²) in [6.45, 7) is 23.4. The van der Waals surface area contributed by atoms with Gasteiger partial charge in [-0.25, -0.2) is 9.69 Å². The minimum Gasteiger partial charge on any atom is -0.444 e. The third-order valence-corrected chi connectivity index (χ3v) is 19.0. The molecular formula is C25H43NO4Si2. The molecule has 1 aromatic carbocycles. The minimum atomic E-state index is -2.02. The van der Waals surface area contributed by atoms with Crippen LogP contribution in [0.15, 0.2) is 30.3 Å². The lowest BCUT2D eigenvalue weighted by Crippen LogP contribution is -2.48. The molecule has 0 unspecified atom stereocenters. The fourth-order valence-electron chi connectivity index (χ4n) is 3.74. The Hall–Kier alpha value is -1.45. The van der Waals surface area contributed by atoms with E-state index in [0.717, 1.165) is 5.56 Å². The number of amides is 2. The molecular weight excluding hydrogens is 434 g/mol. The van der Waals surface area contributed by atoms with Crippen molar-refractivity contribution in [3.05, 3.63) is 35.9 Å². The summed E-state index contributed by atoms with van der Waals surface area (Å²) >= 11 is 0. The Labute approximate surface area is 197 Å². The van der Waals surface area contributed by atoms with Crippen LogP contribution >= 0.6 is 0 Å². The number of rotatable bonds is 6. The second-order valence-corrected chi connectivity index (χ2v) is 22.7. The molecule has 0 spiro atoms. The van der Waals surface area contributed by atoms with Gasteiger partial charge in [-0.3, -0.25) is 4.79 Å². The van der Waals surface area contributed by atoms with E-state index in [1.54, 1.807) is 0 Å². The number of imide groups is 1. The van der Waals surface area contributed by atoms with Crippen LogP contribution in [0.5, 0.6) is 0 Å². The van der Waals surface area contributed by atoms with E-state index in [4.69, 9.17) is 9.16 Å². The van der Waals surface area contributed by atoms with E-state index in [2.05, 4.69) is 67.7 Å². The van der Waals surface area contributed by atoms with Gasteiger partial charge in [-0.15, -0.1) is 0 Å². The summed E-state index contributed by atoms with van der Waals surface area (Å²) < 4.78 is 12.0. The number of hydrogen-bond donors (Lipinski definition) is 0. The summed E-state index contributed by atoms with van der Waals surface area (Å²) in [6.07, 6.45) is -0.544. The Bertz CT molecular complexity index is 809. The van der Waals surface area contributed by atoms with Crippen molar-refractivity contribution in [2.24, 2.45) is 5.92 Å². The molecule has 0 N–H and O–H groups in total. The first kappa shape index (κ1) is 26.8. The first-order valence-electron chi connectivity index (χ1n) is 11.6. The van der Waals surface area contributed by atoms with Crippen LogP contribution in [-0.2, 0) is 20.6 Å². The van der Waals surface area contributed by atoms with Crippen molar-refractivity contribution in [3.63, 3.8) is 0 Å². The highest BCUT2D eigenvalue weighted by atomic mass is 28.4. The third kappa shape index (κ3) is 5.72. The average Bonchev–Trinajstić information content (AvgIpc) is 3.00. The van der Waals surface area contributed by atoms with Crippen LogP contribution in [0.4, 0.5) is 4.79 Å². The van der Waals surface area contributed by atoms with Crippen LogP contribution < -0.4 is 0 Å². The van der Waals surface area contributed by atoms with Gasteiger partial charge in [0, 0.05) is 13.2 Å². The largest absolute Gasteiger partial charge is 0.444 e. The van der Waals surface area contributed by atoms with Gasteiger partial charge in [0.25, 0.3) is 0 Å². The van der Waals surface area contributed by atoms with Gasteiger partial charge in [0.05, 0.1) is 14.0 Å². The molecule has 2 amide bonds. The molecule has 2 atom stereocenters. The SMILES string of the molecule is CC(C)(C)[Si](C)(C)OC[C@@H]1C(=O)N(C(=O)OCc2ccccc2)C[C@@H]1[Si](C)(C)C(C)(C)C. The second-order valence-electron chi connectivity index (χ2n) is 12.2. The van der Waals surface area contributed by atoms with Crippen LogP contribution in [0.2, 0.25) is 41.8 Å². The number of ether oxygens (including phenoxy) is 1.